The van der Waals surface area contributed by atoms with Crippen molar-refractivity contribution in [2.45, 2.75) is 25.9 Å². The third-order valence-electron chi connectivity index (χ3n) is 4.60. The van der Waals surface area contributed by atoms with Crippen molar-refractivity contribution in [1.29, 1.82) is 0 Å². The monoisotopic (exact) mass is 323 g/mol. The molecule has 0 fully saturated rings. The zero-order valence-electron chi connectivity index (χ0n) is 13.4. The number of aromatic nitrogens is 2. The van der Waals surface area contributed by atoms with Gasteiger partial charge in [0.1, 0.15) is 5.82 Å². The minimum Gasteiger partial charge on any atom is -0.419 e. The first kappa shape index (κ1) is 15.0. The maximum Gasteiger partial charge on any atom is 0.247 e. The van der Waals surface area contributed by atoms with Crippen LogP contribution in [0.1, 0.15) is 30.0 Å². The van der Waals surface area contributed by atoms with Gasteiger partial charge in [-0.1, -0.05) is 24.3 Å². The van der Waals surface area contributed by atoms with Gasteiger partial charge in [-0.3, -0.25) is 4.90 Å². The van der Waals surface area contributed by atoms with Crippen molar-refractivity contribution in [2.75, 3.05) is 6.54 Å². The van der Waals surface area contributed by atoms with Crippen LogP contribution in [0, 0.1) is 5.82 Å². The van der Waals surface area contributed by atoms with E-state index in [1.165, 1.54) is 23.3 Å². The lowest BCUT2D eigenvalue weighted by Crippen LogP contribution is -2.33. The van der Waals surface area contributed by atoms with Crippen LogP contribution in [0.15, 0.2) is 52.9 Å². The molecule has 0 saturated carbocycles. The second kappa shape index (κ2) is 6.17. The zero-order chi connectivity index (χ0) is 16.5. The summed E-state index contributed by atoms with van der Waals surface area (Å²) in [5.74, 6) is 0.738. The average molecular weight is 323 g/mol. The molecule has 4 nitrogen and oxygen atoms in total. The second-order valence-corrected chi connectivity index (χ2v) is 6.12. The lowest BCUT2D eigenvalue weighted by molar-refractivity contribution is 0.167. The van der Waals surface area contributed by atoms with Gasteiger partial charge in [0.2, 0.25) is 11.8 Å². The second-order valence-electron chi connectivity index (χ2n) is 6.12. The van der Waals surface area contributed by atoms with E-state index in [0.29, 0.717) is 11.8 Å². The molecule has 1 aliphatic rings. The van der Waals surface area contributed by atoms with Gasteiger partial charge >= 0.3 is 0 Å². The Kier molecular flexibility index (Phi) is 3.86. The van der Waals surface area contributed by atoms with E-state index in [1.807, 2.05) is 0 Å². The molecule has 0 spiro atoms. The van der Waals surface area contributed by atoms with Crippen LogP contribution in [-0.2, 0) is 13.0 Å². The predicted octanol–water partition coefficient (Wildman–Crippen LogP) is 4.00. The van der Waals surface area contributed by atoms with E-state index in [-0.39, 0.29) is 11.9 Å². The summed E-state index contributed by atoms with van der Waals surface area (Å²) in [5.41, 5.74) is 3.50. The highest BCUT2D eigenvalue weighted by Crippen LogP contribution is 2.28. The molecule has 4 rings (SSSR count). The Balaban J connectivity index is 1.53. The van der Waals surface area contributed by atoms with Crippen LogP contribution in [-0.4, -0.2) is 21.6 Å². The van der Waals surface area contributed by atoms with Gasteiger partial charge in [-0.15, -0.1) is 10.2 Å². The van der Waals surface area contributed by atoms with E-state index in [9.17, 15) is 4.39 Å². The summed E-state index contributed by atoms with van der Waals surface area (Å²) in [7, 11) is 0. The summed E-state index contributed by atoms with van der Waals surface area (Å²) in [6.07, 6.45) is 1.03. The van der Waals surface area contributed by atoms with Crippen LogP contribution in [0.4, 0.5) is 4.39 Å². The first-order valence-corrected chi connectivity index (χ1v) is 8.11. The zero-order valence-corrected chi connectivity index (χ0v) is 13.4. The normalized spacial score (nSPS) is 15.9. The number of halogens is 1. The van der Waals surface area contributed by atoms with Gasteiger partial charge in [-0.05, 0) is 48.7 Å². The molecule has 0 amide bonds. The van der Waals surface area contributed by atoms with Gasteiger partial charge in [-0.25, -0.2) is 4.39 Å². The number of rotatable bonds is 3. The molecule has 5 heteroatoms. The molecule has 1 atom stereocenters. The molecule has 0 aliphatic carbocycles. The van der Waals surface area contributed by atoms with Gasteiger partial charge in [-0.2, -0.15) is 0 Å². The van der Waals surface area contributed by atoms with Crippen LogP contribution in [0.25, 0.3) is 11.5 Å². The van der Waals surface area contributed by atoms with Crippen LogP contribution in [0.3, 0.4) is 0 Å². The van der Waals surface area contributed by atoms with Gasteiger partial charge < -0.3 is 4.42 Å². The van der Waals surface area contributed by atoms with Crippen molar-refractivity contribution in [3.05, 3.63) is 71.4 Å². The molecule has 0 N–H and O–H groups in total. The lowest BCUT2D eigenvalue weighted by atomic mass is 9.99. The number of hydrogen-bond donors (Lipinski definition) is 0. The molecule has 3 aromatic rings. The lowest BCUT2D eigenvalue weighted by Gasteiger charge is -2.31. The minimum absolute atomic E-state index is 0.0417. The van der Waals surface area contributed by atoms with Gasteiger partial charge in [0, 0.05) is 18.7 Å². The standard InChI is InChI=1S/C19H18FN3O/c1-13(23-11-10-14-4-2-3-5-16(14)12-23)18-21-22-19(24-18)15-6-8-17(20)9-7-15/h2-9,13H,10-12H2,1H3. The van der Waals surface area contributed by atoms with Gasteiger partial charge in [0.15, 0.2) is 0 Å². The molecule has 1 aliphatic heterocycles. The Morgan fingerprint density at radius 2 is 1.79 bits per heavy atom. The highest BCUT2D eigenvalue weighted by Gasteiger charge is 2.25. The van der Waals surface area contributed by atoms with Crippen molar-refractivity contribution in [3.8, 4) is 11.5 Å². The number of benzene rings is 2. The van der Waals surface area contributed by atoms with Crippen molar-refractivity contribution in [2.24, 2.45) is 0 Å². The molecule has 1 unspecified atom stereocenters. The fraction of sp³-hybridized carbons (Fsp3) is 0.263. The molecule has 2 heterocycles. The Bertz CT molecular complexity index is 844. The largest absolute Gasteiger partial charge is 0.419 e. The Morgan fingerprint density at radius 1 is 1.04 bits per heavy atom. The highest BCUT2D eigenvalue weighted by atomic mass is 19.1. The van der Waals surface area contributed by atoms with Crippen LogP contribution in [0.2, 0.25) is 0 Å². The number of hydrogen-bond acceptors (Lipinski definition) is 4. The first-order chi connectivity index (χ1) is 11.7. The van der Waals surface area contributed by atoms with Crippen molar-refractivity contribution < 1.29 is 8.81 Å². The highest BCUT2D eigenvalue weighted by molar-refractivity contribution is 5.52. The van der Waals surface area contributed by atoms with E-state index < -0.39 is 0 Å². The van der Waals surface area contributed by atoms with Crippen LogP contribution in [0.5, 0.6) is 0 Å². The molecule has 0 radical (unpaired) electrons. The average Bonchev–Trinajstić information content (AvgIpc) is 3.11. The maximum absolute atomic E-state index is 13.0. The summed E-state index contributed by atoms with van der Waals surface area (Å²) in [4.78, 5) is 2.34. The molecular weight excluding hydrogens is 305 g/mol. The Morgan fingerprint density at radius 3 is 2.58 bits per heavy atom. The molecule has 24 heavy (non-hydrogen) atoms. The molecule has 122 valence electrons. The Labute approximate surface area is 139 Å². The molecule has 2 aromatic carbocycles. The smallest absolute Gasteiger partial charge is 0.247 e. The van der Waals surface area contributed by atoms with E-state index in [0.717, 1.165) is 25.1 Å². The summed E-state index contributed by atoms with van der Waals surface area (Å²) in [6.45, 7) is 3.92. The number of nitrogens with zero attached hydrogens (tertiary/aromatic N) is 3. The minimum atomic E-state index is -0.279. The summed E-state index contributed by atoms with van der Waals surface area (Å²) in [5, 5.41) is 8.30. The van der Waals surface area contributed by atoms with E-state index >= 15 is 0 Å². The molecule has 0 bridgehead atoms. The first-order valence-electron chi connectivity index (χ1n) is 8.11. The van der Waals surface area contributed by atoms with Gasteiger partial charge in [0.05, 0.1) is 6.04 Å². The van der Waals surface area contributed by atoms with E-state index in [4.69, 9.17) is 4.42 Å². The molecular formula is C19H18FN3O. The Hall–Kier alpha value is -2.53. The quantitative estimate of drug-likeness (QED) is 0.731. The van der Waals surface area contributed by atoms with E-state index in [2.05, 4.69) is 46.3 Å². The van der Waals surface area contributed by atoms with Crippen molar-refractivity contribution in [3.63, 3.8) is 0 Å². The fourth-order valence-corrected chi connectivity index (χ4v) is 3.12. The van der Waals surface area contributed by atoms with Crippen LogP contribution < -0.4 is 0 Å². The van der Waals surface area contributed by atoms with E-state index in [1.54, 1.807) is 12.1 Å². The topological polar surface area (TPSA) is 42.2 Å². The predicted molar refractivity (Wildman–Crippen MR) is 88.7 cm³/mol. The van der Waals surface area contributed by atoms with Crippen molar-refractivity contribution in [1.82, 2.24) is 15.1 Å². The van der Waals surface area contributed by atoms with Crippen LogP contribution >= 0.6 is 0 Å². The molecule has 0 saturated heterocycles. The summed E-state index contributed by atoms with van der Waals surface area (Å²) in [6, 6.07) is 14.7. The van der Waals surface area contributed by atoms with Gasteiger partial charge in [0.25, 0.3) is 0 Å². The summed E-state index contributed by atoms with van der Waals surface area (Å²) >= 11 is 0. The van der Waals surface area contributed by atoms with Crippen molar-refractivity contribution >= 4 is 0 Å². The third kappa shape index (κ3) is 2.83. The summed E-state index contributed by atoms with van der Waals surface area (Å²) < 4.78 is 18.9. The SMILES string of the molecule is CC(c1nnc(-c2ccc(F)cc2)o1)N1CCc2ccccc2C1. The maximum atomic E-state index is 13.0. The third-order valence-corrected chi connectivity index (χ3v) is 4.60. The fourth-order valence-electron chi connectivity index (χ4n) is 3.12. The molecule has 1 aromatic heterocycles. The number of fused-ring (bicyclic) bond motifs is 1.